The number of carboxylic acid groups (broad SMARTS) is 1. The van der Waals surface area contributed by atoms with Crippen LogP contribution in [0.2, 0.25) is 0 Å². The summed E-state index contributed by atoms with van der Waals surface area (Å²) in [7, 11) is 0. The fourth-order valence-corrected chi connectivity index (χ4v) is 2.69. The van der Waals surface area contributed by atoms with Crippen LogP contribution in [0, 0.1) is 6.92 Å². The first kappa shape index (κ1) is 16.0. The van der Waals surface area contributed by atoms with Crippen LogP contribution in [-0.2, 0) is 11.3 Å². The average Bonchev–Trinajstić information content (AvgIpc) is 2.92. The van der Waals surface area contributed by atoms with E-state index in [0.717, 1.165) is 22.4 Å². The van der Waals surface area contributed by atoms with Crippen molar-refractivity contribution in [3.63, 3.8) is 0 Å². The summed E-state index contributed by atoms with van der Waals surface area (Å²) in [6.07, 6.45) is 4.77. The van der Waals surface area contributed by atoms with Crippen LogP contribution in [0.4, 0.5) is 0 Å². The third kappa shape index (κ3) is 3.71. The Morgan fingerprint density at radius 2 is 1.88 bits per heavy atom. The Balaban J connectivity index is 1.90. The van der Waals surface area contributed by atoms with Crippen LogP contribution in [-0.4, -0.2) is 20.6 Å². The minimum Gasteiger partial charge on any atom is -0.481 e. The third-order valence-corrected chi connectivity index (χ3v) is 3.96. The zero-order valence-corrected chi connectivity index (χ0v) is 13.6. The molecule has 0 atom stereocenters. The minimum absolute atomic E-state index is 0.160. The number of carboxylic acids is 1. The number of rotatable bonds is 6. The molecule has 0 unspecified atom stereocenters. The molecule has 3 aromatic rings. The monoisotopic (exact) mass is 320 g/mol. The number of para-hydroxylation sites is 2. The van der Waals surface area contributed by atoms with Gasteiger partial charge in [0.1, 0.15) is 5.82 Å². The number of aryl methyl sites for hydroxylation is 2. The number of nitrogens with zero attached hydrogens (tertiary/aromatic N) is 2. The van der Waals surface area contributed by atoms with E-state index in [1.165, 1.54) is 5.56 Å². The predicted octanol–water partition coefficient (Wildman–Crippen LogP) is 4.38. The summed E-state index contributed by atoms with van der Waals surface area (Å²) < 4.78 is 2.09. The molecule has 3 rings (SSSR count). The van der Waals surface area contributed by atoms with Crippen molar-refractivity contribution >= 4 is 29.2 Å². The van der Waals surface area contributed by atoms with Gasteiger partial charge in [-0.15, -0.1) is 0 Å². The summed E-state index contributed by atoms with van der Waals surface area (Å²) >= 11 is 0. The summed E-state index contributed by atoms with van der Waals surface area (Å²) in [4.78, 5) is 15.4. The Labute approximate surface area is 141 Å². The van der Waals surface area contributed by atoms with E-state index in [1.54, 1.807) is 0 Å². The lowest BCUT2D eigenvalue weighted by atomic mass is 10.1. The van der Waals surface area contributed by atoms with Crippen LogP contribution in [0.5, 0.6) is 0 Å². The van der Waals surface area contributed by atoms with Crippen molar-refractivity contribution in [1.29, 1.82) is 0 Å². The highest BCUT2D eigenvalue weighted by Crippen LogP contribution is 2.19. The number of hydrogen-bond donors (Lipinski definition) is 1. The van der Waals surface area contributed by atoms with E-state index in [-0.39, 0.29) is 6.42 Å². The first-order valence-corrected chi connectivity index (χ1v) is 8.05. The molecule has 1 aromatic heterocycles. The topological polar surface area (TPSA) is 55.1 Å². The number of aliphatic carboxylic acids is 1. The summed E-state index contributed by atoms with van der Waals surface area (Å²) in [5, 5.41) is 8.86. The maximum Gasteiger partial charge on any atom is 0.303 e. The van der Waals surface area contributed by atoms with Crippen LogP contribution in [0.3, 0.4) is 0 Å². The highest BCUT2D eigenvalue weighted by molar-refractivity contribution is 5.80. The standard InChI is InChI=1S/C20H20N2O2/c1-15-8-10-16(11-9-15)12-13-19-21-17-5-2-3-6-18(17)22(19)14-4-7-20(23)24/h2-3,5-6,8-13H,4,7,14H2,1H3,(H,23,24)/b13-12+. The average molecular weight is 320 g/mol. The molecule has 0 saturated carbocycles. The third-order valence-electron chi connectivity index (χ3n) is 3.96. The SMILES string of the molecule is Cc1ccc(/C=C/c2nc3ccccc3n2CCCC(=O)O)cc1. The maximum atomic E-state index is 10.8. The van der Waals surface area contributed by atoms with Crippen LogP contribution >= 0.6 is 0 Å². The highest BCUT2D eigenvalue weighted by atomic mass is 16.4. The summed E-state index contributed by atoms with van der Waals surface area (Å²) in [6.45, 7) is 2.70. The van der Waals surface area contributed by atoms with Gasteiger partial charge < -0.3 is 9.67 Å². The van der Waals surface area contributed by atoms with Gasteiger partial charge in [-0.1, -0.05) is 48.0 Å². The first-order chi connectivity index (χ1) is 11.6. The number of carbonyl (C=O) groups is 1. The van der Waals surface area contributed by atoms with Gasteiger partial charge in [-0.05, 0) is 37.1 Å². The molecule has 0 bridgehead atoms. The van der Waals surface area contributed by atoms with Crippen molar-refractivity contribution in [3.05, 3.63) is 65.5 Å². The molecule has 1 N–H and O–H groups in total. The second kappa shape index (κ2) is 7.13. The maximum absolute atomic E-state index is 10.8. The van der Waals surface area contributed by atoms with Crippen molar-refractivity contribution in [2.75, 3.05) is 0 Å². The number of benzene rings is 2. The Morgan fingerprint density at radius 1 is 1.12 bits per heavy atom. The number of aromatic nitrogens is 2. The van der Waals surface area contributed by atoms with Crippen molar-refractivity contribution in [2.45, 2.75) is 26.3 Å². The molecule has 0 saturated heterocycles. The van der Waals surface area contributed by atoms with Crippen LogP contribution in [0.25, 0.3) is 23.2 Å². The van der Waals surface area contributed by atoms with Gasteiger partial charge in [0.25, 0.3) is 0 Å². The zero-order chi connectivity index (χ0) is 16.9. The van der Waals surface area contributed by atoms with E-state index in [4.69, 9.17) is 5.11 Å². The quantitative estimate of drug-likeness (QED) is 0.733. The van der Waals surface area contributed by atoms with Gasteiger partial charge in [0.05, 0.1) is 11.0 Å². The molecule has 0 fully saturated rings. The lowest BCUT2D eigenvalue weighted by molar-refractivity contribution is -0.137. The fourth-order valence-electron chi connectivity index (χ4n) is 2.69. The molecule has 1 heterocycles. The highest BCUT2D eigenvalue weighted by Gasteiger charge is 2.08. The van der Waals surface area contributed by atoms with E-state index >= 15 is 0 Å². The molecule has 0 aliphatic rings. The Hall–Kier alpha value is -2.88. The van der Waals surface area contributed by atoms with Crippen molar-refractivity contribution in [1.82, 2.24) is 9.55 Å². The number of imidazole rings is 1. The Morgan fingerprint density at radius 3 is 2.62 bits per heavy atom. The van der Waals surface area contributed by atoms with Crippen LogP contribution in [0.15, 0.2) is 48.5 Å². The molecule has 4 nitrogen and oxygen atoms in total. The van der Waals surface area contributed by atoms with Crippen molar-refractivity contribution < 1.29 is 9.90 Å². The molecule has 4 heteroatoms. The van der Waals surface area contributed by atoms with Crippen LogP contribution < -0.4 is 0 Å². The van der Waals surface area contributed by atoms with Gasteiger partial charge in [-0.3, -0.25) is 4.79 Å². The zero-order valence-electron chi connectivity index (χ0n) is 13.6. The van der Waals surface area contributed by atoms with Gasteiger partial charge in [-0.25, -0.2) is 4.98 Å². The van der Waals surface area contributed by atoms with E-state index < -0.39 is 5.97 Å². The summed E-state index contributed by atoms with van der Waals surface area (Å²) in [5.41, 5.74) is 4.31. The van der Waals surface area contributed by atoms with Gasteiger partial charge in [-0.2, -0.15) is 0 Å². The van der Waals surface area contributed by atoms with E-state index in [2.05, 4.69) is 40.7 Å². The molecule has 0 radical (unpaired) electrons. The number of hydrogen-bond acceptors (Lipinski definition) is 2. The Kier molecular flexibility index (Phi) is 4.75. The summed E-state index contributed by atoms with van der Waals surface area (Å²) in [5.74, 6) is 0.0818. The predicted molar refractivity (Wildman–Crippen MR) is 96.7 cm³/mol. The van der Waals surface area contributed by atoms with Gasteiger partial charge >= 0.3 is 5.97 Å². The number of fused-ring (bicyclic) bond motifs is 1. The minimum atomic E-state index is -0.767. The van der Waals surface area contributed by atoms with E-state index in [1.807, 2.05) is 36.4 Å². The smallest absolute Gasteiger partial charge is 0.303 e. The molecule has 0 aliphatic carbocycles. The molecular weight excluding hydrogens is 300 g/mol. The molecule has 24 heavy (non-hydrogen) atoms. The first-order valence-electron chi connectivity index (χ1n) is 8.05. The van der Waals surface area contributed by atoms with E-state index in [0.29, 0.717) is 13.0 Å². The normalized spacial score (nSPS) is 11.4. The molecule has 122 valence electrons. The van der Waals surface area contributed by atoms with Gasteiger partial charge in [0.15, 0.2) is 0 Å². The molecule has 2 aromatic carbocycles. The lowest BCUT2D eigenvalue weighted by Gasteiger charge is -2.06. The van der Waals surface area contributed by atoms with E-state index in [9.17, 15) is 4.79 Å². The second-order valence-corrected chi connectivity index (χ2v) is 5.85. The second-order valence-electron chi connectivity index (χ2n) is 5.85. The largest absolute Gasteiger partial charge is 0.481 e. The van der Waals surface area contributed by atoms with Crippen molar-refractivity contribution in [3.8, 4) is 0 Å². The molecule has 0 spiro atoms. The van der Waals surface area contributed by atoms with Gasteiger partial charge in [0.2, 0.25) is 0 Å². The lowest BCUT2D eigenvalue weighted by Crippen LogP contribution is -2.03. The molecule has 0 aliphatic heterocycles. The molecular formula is C20H20N2O2. The Bertz CT molecular complexity index is 876. The molecule has 0 amide bonds. The van der Waals surface area contributed by atoms with Gasteiger partial charge in [0, 0.05) is 13.0 Å². The summed E-state index contributed by atoms with van der Waals surface area (Å²) in [6, 6.07) is 16.2. The van der Waals surface area contributed by atoms with Crippen LogP contribution in [0.1, 0.15) is 29.8 Å². The fraction of sp³-hybridized carbons (Fsp3) is 0.200. The van der Waals surface area contributed by atoms with Crippen molar-refractivity contribution in [2.24, 2.45) is 0 Å².